The van der Waals surface area contributed by atoms with Crippen LogP contribution < -0.4 is 0 Å². The summed E-state index contributed by atoms with van der Waals surface area (Å²) >= 11 is 0. The van der Waals surface area contributed by atoms with Crippen LogP contribution in [0.15, 0.2) is 30.3 Å². The summed E-state index contributed by atoms with van der Waals surface area (Å²) in [5.41, 5.74) is 2.50. The summed E-state index contributed by atoms with van der Waals surface area (Å²) in [4.78, 5) is 33.8. The van der Waals surface area contributed by atoms with E-state index in [1.165, 1.54) is 4.90 Å². The number of imidazole rings is 1. The van der Waals surface area contributed by atoms with Crippen LogP contribution in [-0.2, 0) is 22.5 Å². The van der Waals surface area contributed by atoms with Crippen LogP contribution in [0.3, 0.4) is 0 Å². The van der Waals surface area contributed by atoms with Crippen LogP contribution in [0.2, 0.25) is 0 Å². The van der Waals surface area contributed by atoms with Gasteiger partial charge in [0.1, 0.15) is 11.5 Å². The highest BCUT2D eigenvalue weighted by Gasteiger charge is 2.28. The monoisotopic (exact) mass is 396 g/mol. The summed E-state index contributed by atoms with van der Waals surface area (Å²) < 4.78 is 7.50. The predicted octanol–water partition coefficient (Wildman–Crippen LogP) is 2.21. The third-order valence-electron chi connectivity index (χ3n) is 5.69. The fourth-order valence-corrected chi connectivity index (χ4v) is 4.07. The summed E-state index contributed by atoms with van der Waals surface area (Å²) in [7, 11) is 1.69. The van der Waals surface area contributed by atoms with Crippen molar-refractivity contribution in [1.29, 1.82) is 0 Å². The van der Waals surface area contributed by atoms with Crippen molar-refractivity contribution in [2.75, 3.05) is 39.9 Å². The van der Waals surface area contributed by atoms with E-state index in [1.807, 2.05) is 30.3 Å². The number of aromatic nitrogens is 2. The molecule has 2 aromatic rings. The highest BCUT2D eigenvalue weighted by molar-refractivity contribution is 5.96. The molecule has 2 aliphatic rings. The molecule has 4 rings (SSSR count). The van der Waals surface area contributed by atoms with Crippen LogP contribution in [0.1, 0.15) is 35.4 Å². The van der Waals surface area contributed by atoms with Crippen molar-refractivity contribution in [3.63, 3.8) is 0 Å². The second-order valence-corrected chi connectivity index (χ2v) is 7.71. The van der Waals surface area contributed by atoms with Crippen molar-refractivity contribution in [2.45, 2.75) is 32.2 Å². The number of ether oxygens (including phenoxy) is 1. The first-order valence-corrected chi connectivity index (χ1v) is 10.4. The molecule has 0 spiro atoms. The standard InChI is InChI=1S/C22H28N4O3/c1-24(16-19(27)25-12-14-29-15-13-25)22(28)20-18-10-6-3-7-11-26(18)21(23-20)17-8-4-2-5-9-17/h2,4-5,8-9H,3,6-7,10-16H2,1H3. The van der Waals surface area contributed by atoms with E-state index in [0.29, 0.717) is 32.0 Å². The van der Waals surface area contributed by atoms with Gasteiger partial charge in [0.15, 0.2) is 0 Å². The largest absolute Gasteiger partial charge is 0.378 e. The number of nitrogens with zero attached hydrogens (tertiary/aromatic N) is 4. The van der Waals surface area contributed by atoms with Crippen molar-refractivity contribution >= 4 is 11.8 Å². The number of hydrogen-bond donors (Lipinski definition) is 0. The van der Waals surface area contributed by atoms with Gasteiger partial charge in [-0.3, -0.25) is 9.59 Å². The van der Waals surface area contributed by atoms with Gasteiger partial charge in [0.2, 0.25) is 5.91 Å². The lowest BCUT2D eigenvalue weighted by Crippen LogP contribution is -2.46. The normalized spacial score (nSPS) is 16.8. The third kappa shape index (κ3) is 4.19. The lowest BCUT2D eigenvalue weighted by Gasteiger charge is -2.28. The fraction of sp³-hybridized carbons (Fsp3) is 0.500. The summed E-state index contributed by atoms with van der Waals surface area (Å²) in [6.45, 7) is 3.21. The Morgan fingerprint density at radius 2 is 1.83 bits per heavy atom. The summed E-state index contributed by atoms with van der Waals surface area (Å²) in [5.74, 6) is 0.621. The van der Waals surface area contributed by atoms with E-state index in [0.717, 1.165) is 49.3 Å². The van der Waals surface area contributed by atoms with Gasteiger partial charge >= 0.3 is 0 Å². The van der Waals surface area contributed by atoms with E-state index in [4.69, 9.17) is 9.72 Å². The average Bonchev–Trinajstić information content (AvgIpc) is 2.95. The van der Waals surface area contributed by atoms with Crippen molar-refractivity contribution in [3.05, 3.63) is 41.7 Å². The number of fused-ring (bicyclic) bond motifs is 1. The van der Waals surface area contributed by atoms with E-state index in [1.54, 1.807) is 11.9 Å². The van der Waals surface area contributed by atoms with Gasteiger partial charge in [-0.15, -0.1) is 0 Å². The number of rotatable bonds is 4. The van der Waals surface area contributed by atoms with Crippen LogP contribution in [0.4, 0.5) is 0 Å². The molecule has 0 bridgehead atoms. The molecule has 0 atom stereocenters. The zero-order chi connectivity index (χ0) is 20.2. The first kappa shape index (κ1) is 19.6. The summed E-state index contributed by atoms with van der Waals surface area (Å²) in [5, 5.41) is 0. The minimum absolute atomic E-state index is 0.0438. The molecule has 0 N–H and O–H groups in total. The molecule has 2 aliphatic heterocycles. The van der Waals surface area contributed by atoms with Crippen molar-refractivity contribution in [3.8, 4) is 11.4 Å². The van der Waals surface area contributed by atoms with Crippen molar-refractivity contribution in [1.82, 2.24) is 19.4 Å². The average molecular weight is 396 g/mol. The van der Waals surface area contributed by atoms with Gasteiger partial charge in [-0.2, -0.15) is 0 Å². The number of benzene rings is 1. The Bertz CT molecular complexity index is 872. The topological polar surface area (TPSA) is 67.7 Å². The molecule has 2 amide bonds. The second-order valence-electron chi connectivity index (χ2n) is 7.71. The maximum atomic E-state index is 13.2. The van der Waals surface area contributed by atoms with Gasteiger partial charge in [-0.1, -0.05) is 36.8 Å². The van der Waals surface area contributed by atoms with E-state index in [9.17, 15) is 9.59 Å². The van der Waals surface area contributed by atoms with Crippen molar-refractivity contribution < 1.29 is 14.3 Å². The van der Waals surface area contributed by atoms with Crippen LogP contribution in [0.25, 0.3) is 11.4 Å². The lowest BCUT2D eigenvalue weighted by molar-refractivity contribution is -0.135. The lowest BCUT2D eigenvalue weighted by atomic mass is 10.1. The van der Waals surface area contributed by atoms with Gasteiger partial charge in [-0.05, 0) is 19.3 Å². The Hall–Kier alpha value is -2.67. The molecule has 0 aliphatic carbocycles. The quantitative estimate of drug-likeness (QED) is 0.795. The van der Waals surface area contributed by atoms with E-state index in [-0.39, 0.29) is 18.4 Å². The zero-order valence-corrected chi connectivity index (χ0v) is 17.0. The third-order valence-corrected chi connectivity index (χ3v) is 5.69. The Balaban J connectivity index is 1.59. The van der Waals surface area contributed by atoms with Gasteiger partial charge in [0.05, 0.1) is 25.5 Å². The predicted molar refractivity (Wildman–Crippen MR) is 110 cm³/mol. The molecule has 0 radical (unpaired) electrons. The second kappa shape index (κ2) is 8.78. The van der Waals surface area contributed by atoms with E-state index < -0.39 is 0 Å². The molecule has 154 valence electrons. The minimum atomic E-state index is -0.181. The Kier molecular flexibility index (Phi) is 5.94. The molecule has 1 aromatic heterocycles. The molecular formula is C22H28N4O3. The van der Waals surface area contributed by atoms with Crippen LogP contribution in [-0.4, -0.2) is 71.1 Å². The summed E-state index contributed by atoms with van der Waals surface area (Å²) in [6, 6.07) is 10.0. The summed E-state index contributed by atoms with van der Waals surface area (Å²) in [6.07, 6.45) is 4.12. The van der Waals surface area contributed by atoms with Gasteiger partial charge in [0.25, 0.3) is 5.91 Å². The van der Waals surface area contributed by atoms with Gasteiger partial charge in [-0.25, -0.2) is 4.98 Å². The van der Waals surface area contributed by atoms with Crippen LogP contribution in [0.5, 0.6) is 0 Å². The molecular weight excluding hydrogens is 368 g/mol. The molecule has 29 heavy (non-hydrogen) atoms. The van der Waals surface area contributed by atoms with Crippen LogP contribution in [0, 0.1) is 0 Å². The number of amides is 2. The first-order valence-electron chi connectivity index (χ1n) is 10.4. The number of likely N-dealkylation sites (N-methyl/N-ethyl adjacent to an activating group) is 1. The molecule has 1 fully saturated rings. The first-order chi connectivity index (χ1) is 14.1. The van der Waals surface area contributed by atoms with Crippen LogP contribution >= 0.6 is 0 Å². The maximum absolute atomic E-state index is 13.2. The minimum Gasteiger partial charge on any atom is -0.378 e. The Labute approximate surface area is 171 Å². The molecule has 7 nitrogen and oxygen atoms in total. The molecule has 0 unspecified atom stereocenters. The fourth-order valence-electron chi connectivity index (χ4n) is 4.07. The number of hydrogen-bond acceptors (Lipinski definition) is 4. The SMILES string of the molecule is CN(CC(=O)N1CCOCC1)C(=O)c1nc(-c2ccccc2)n2c1CCCCC2. The number of carbonyl (C=O) groups is 2. The van der Waals surface area contributed by atoms with E-state index in [2.05, 4.69) is 4.57 Å². The zero-order valence-electron chi connectivity index (χ0n) is 17.0. The number of carbonyl (C=O) groups excluding carboxylic acids is 2. The van der Waals surface area contributed by atoms with Gasteiger partial charge < -0.3 is 19.1 Å². The molecule has 0 saturated carbocycles. The highest BCUT2D eigenvalue weighted by atomic mass is 16.5. The Morgan fingerprint density at radius 1 is 1.07 bits per heavy atom. The molecule has 1 saturated heterocycles. The molecule has 1 aromatic carbocycles. The van der Waals surface area contributed by atoms with E-state index >= 15 is 0 Å². The maximum Gasteiger partial charge on any atom is 0.274 e. The highest BCUT2D eigenvalue weighted by Crippen LogP contribution is 2.27. The smallest absolute Gasteiger partial charge is 0.274 e. The molecule has 3 heterocycles. The number of morpholine rings is 1. The van der Waals surface area contributed by atoms with Crippen molar-refractivity contribution in [2.24, 2.45) is 0 Å². The van der Waals surface area contributed by atoms with Gasteiger partial charge in [0, 0.05) is 32.2 Å². The molecule has 7 heteroatoms. The Morgan fingerprint density at radius 3 is 2.59 bits per heavy atom.